The van der Waals surface area contributed by atoms with E-state index in [9.17, 15) is 13.2 Å². The Labute approximate surface area is 159 Å². The maximum absolute atomic E-state index is 12.7. The van der Waals surface area contributed by atoms with Gasteiger partial charge in [-0.3, -0.25) is 4.90 Å². The van der Waals surface area contributed by atoms with Gasteiger partial charge in [0, 0.05) is 12.6 Å². The van der Waals surface area contributed by atoms with Crippen molar-refractivity contribution in [2.45, 2.75) is 30.7 Å². The number of likely N-dealkylation sites (tertiary alicyclic amines) is 1. The highest BCUT2D eigenvalue weighted by Crippen LogP contribution is 2.27. The number of sulfonamides is 1. The topological polar surface area (TPSA) is 86.7 Å². The van der Waals surface area contributed by atoms with E-state index in [1.54, 1.807) is 0 Å². The lowest BCUT2D eigenvalue weighted by Gasteiger charge is -2.29. The molecule has 7 heteroatoms. The fraction of sp³-hybridized carbons (Fsp3) is 0.350. The molecule has 0 aliphatic carbocycles. The number of aryl methyl sites for hydroxylation is 1. The van der Waals surface area contributed by atoms with Crippen molar-refractivity contribution in [3.05, 3.63) is 65.2 Å². The Kier molecular flexibility index (Phi) is 5.94. The summed E-state index contributed by atoms with van der Waals surface area (Å²) < 4.78 is 28.1. The second-order valence-electron chi connectivity index (χ2n) is 6.80. The fourth-order valence-corrected chi connectivity index (χ4v) is 4.60. The van der Waals surface area contributed by atoms with Crippen LogP contribution in [0.25, 0.3) is 0 Å². The Morgan fingerprint density at radius 1 is 1.15 bits per heavy atom. The van der Waals surface area contributed by atoms with Crippen LogP contribution in [0.1, 0.15) is 40.4 Å². The van der Waals surface area contributed by atoms with Crippen molar-refractivity contribution >= 4 is 16.0 Å². The first-order valence-electron chi connectivity index (χ1n) is 9.01. The monoisotopic (exact) mass is 388 g/mol. The third kappa shape index (κ3) is 4.55. The Morgan fingerprint density at radius 2 is 1.85 bits per heavy atom. The molecule has 2 N–H and O–H groups in total. The molecule has 0 radical (unpaired) electrons. The van der Waals surface area contributed by atoms with Gasteiger partial charge in [-0.25, -0.2) is 17.9 Å². The average Bonchev–Trinajstić information content (AvgIpc) is 3.18. The Bertz CT molecular complexity index is 921. The highest BCUT2D eigenvalue weighted by molar-refractivity contribution is 7.89. The predicted molar refractivity (Wildman–Crippen MR) is 103 cm³/mol. The molecule has 1 unspecified atom stereocenters. The van der Waals surface area contributed by atoms with Gasteiger partial charge in [-0.05, 0) is 62.2 Å². The van der Waals surface area contributed by atoms with E-state index in [1.807, 2.05) is 31.2 Å². The number of carboxylic acid groups (broad SMARTS) is 1. The van der Waals surface area contributed by atoms with Gasteiger partial charge in [0.2, 0.25) is 10.0 Å². The molecule has 0 amide bonds. The minimum absolute atomic E-state index is 0.0349. The van der Waals surface area contributed by atoms with Gasteiger partial charge in [0.05, 0.1) is 10.5 Å². The number of rotatable bonds is 7. The largest absolute Gasteiger partial charge is 0.478 e. The highest BCUT2D eigenvalue weighted by atomic mass is 32.2. The van der Waals surface area contributed by atoms with E-state index in [4.69, 9.17) is 5.11 Å². The number of hydrogen-bond donors (Lipinski definition) is 2. The molecule has 1 fully saturated rings. The first kappa shape index (κ1) is 19.5. The number of nitrogens with one attached hydrogen (secondary N) is 1. The van der Waals surface area contributed by atoms with Crippen LogP contribution in [-0.2, 0) is 10.0 Å². The summed E-state index contributed by atoms with van der Waals surface area (Å²) in [7, 11) is -3.80. The number of benzene rings is 2. The van der Waals surface area contributed by atoms with Crippen LogP contribution in [0.5, 0.6) is 0 Å². The molecule has 1 aliphatic heterocycles. The van der Waals surface area contributed by atoms with E-state index in [1.165, 1.54) is 24.3 Å². The van der Waals surface area contributed by atoms with E-state index < -0.39 is 16.0 Å². The fourth-order valence-electron chi connectivity index (χ4n) is 3.52. The van der Waals surface area contributed by atoms with E-state index in [2.05, 4.69) is 9.62 Å². The summed E-state index contributed by atoms with van der Waals surface area (Å²) in [6.07, 6.45) is 2.21. The van der Waals surface area contributed by atoms with Crippen LogP contribution in [0.3, 0.4) is 0 Å². The number of carboxylic acids is 1. The zero-order valence-corrected chi connectivity index (χ0v) is 16.1. The second-order valence-corrected chi connectivity index (χ2v) is 8.57. The summed E-state index contributed by atoms with van der Waals surface area (Å²) in [5.41, 5.74) is 2.19. The van der Waals surface area contributed by atoms with Crippen LogP contribution in [0.2, 0.25) is 0 Å². The van der Waals surface area contributed by atoms with Crippen molar-refractivity contribution < 1.29 is 18.3 Å². The molecule has 0 spiro atoms. The summed E-state index contributed by atoms with van der Waals surface area (Å²) in [6.45, 7) is 4.15. The maximum atomic E-state index is 12.7. The number of aromatic carboxylic acids is 1. The van der Waals surface area contributed by atoms with Gasteiger partial charge in [0.25, 0.3) is 0 Å². The van der Waals surface area contributed by atoms with Crippen molar-refractivity contribution in [3.63, 3.8) is 0 Å². The molecule has 144 valence electrons. The Hall–Kier alpha value is -2.22. The summed E-state index contributed by atoms with van der Waals surface area (Å²) >= 11 is 0. The van der Waals surface area contributed by atoms with Crippen molar-refractivity contribution in [3.8, 4) is 0 Å². The molecule has 0 bridgehead atoms. The van der Waals surface area contributed by atoms with Crippen LogP contribution in [0, 0.1) is 6.92 Å². The van der Waals surface area contributed by atoms with Crippen LogP contribution in [-0.4, -0.2) is 44.0 Å². The van der Waals surface area contributed by atoms with E-state index >= 15 is 0 Å². The van der Waals surface area contributed by atoms with Gasteiger partial charge in [0.15, 0.2) is 0 Å². The number of nitrogens with zero attached hydrogens (tertiary/aromatic N) is 1. The SMILES string of the molecule is Cc1ccccc1C(CNS(=O)(=O)c1cccc(C(=O)O)c1)N1CCCC1. The summed E-state index contributed by atoms with van der Waals surface area (Å²) in [5.74, 6) is -1.15. The van der Waals surface area contributed by atoms with Crippen LogP contribution in [0.4, 0.5) is 0 Å². The molecule has 1 atom stereocenters. The lowest BCUT2D eigenvalue weighted by Crippen LogP contribution is -2.37. The zero-order valence-electron chi connectivity index (χ0n) is 15.3. The molecule has 2 aromatic rings. The van der Waals surface area contributed by atoms with Crippen molar-refractivity contribution in [2.24, 2.45) is 0 Å². The molecule has 27 heavy (non-hydrogen) atoms. The van der Waals surface area contributed by atoms with E-state index in [0.717, 1.165) is 37.1 Å². The summed E-state index contributed by atoms with van der Waals surface area (Å²) in [5, 5.41) is 9.09. The van der Waals surface area contributed by atoms with Crippen molar-refractivity contribution in [2.75, 3.05) is 19.6 Å². The second kappa shape index (κ2) is 8.21. The van der Waals surface area contributed by atoms with Crippen LogP contribution in [0.15, 0.2) is 53.4 Å². The van der Waals surface area contributed by atoms with Crippen molar-refractivity contribution in [1.29, 1.82) is 0 Å². The predicted octanol–water partition coefficient (Wildman–Crippen LogP) is 2.81. The van der Waals surface area contributed by atoms with Gasteiger partial charge in [-0.1, -0.05) is 30.3 Å². The third-order valence-electron chi connectivity index (χ3n) is 4.99. The van der Waals surface area contributed by atoms with Gasteiger partial charge < -0.3 is 5.11 Å². The molecule has 6 nitrogen and oxygen atoms in total. The minimum Gasteiger partial charge on any atom is -0.478 e. The normalized spacial score (nSPS) is 16.3. The molecule has 1 heterocycles. The van der Waals surface area contributed by atoms with Gasteiger partial charge in [-0.15, -0.1) is 0 Å². The quantitative estimate of drug-likeness (QED) is 0.762. The van der Waals surface area contributed by atoms with Crippen LogP contribution >= 0.6 is 0 Å². The highest BCUT2D eigenvalue weighted by Gasteiger charge is 2.26. The third-order valence-corrected chi connectivity index (χ3v) is 6.41. The average molecular weight is 388 g/mol. The molecule has 1 saturated heterocycles. The van der Waals surface area contributed by atoms with Gasteiger partial charge >= 0.3 is 5.97 Å². The standard InChI is InChI=1S/C20H24N2O4S/c1-15-7-2-3-10-18(15)19(22-11-4-5-12-22)14-21-27(25,26)17-9-6-8-16(13-17)20(23)24/h2-3,6-10,13,19,21H,4-5,11-12,14H2,1H3,(H,23,24). The molecular formula is C20H24N2O4S. The Morgan fingerprint density at radius 3 is 2.52 bits per heavy atom. The molecule has 3 rings (SSSR count). The minimum atomic E-state index is -3.80. The number of hydrogen-bond acceptors (Lipinski definition) is 4. The maximum Gasteiger partial charge on any atom is 0.335 e. The molecule has 0 saturated carbocycles. The van der Waals surface area contributed by atoms with Gasteiger partial charge in [-0.2, -0.15) is 0 Å². The first-order chi connectivity index (χ1) is 12.9. The molecule has 1 aliphatic rings. The summed E-state index contributed by atoms with van der Waals surface area (Å²) in [6, 6.07) is 13.4. The summed E-state index contributed by atoms with van der Waals surface area (Å²) in [4.78, 5) is 13.4. The smallest absolute Gasteiger partial charge is 0.335 e. The first-order valence-corrected chi connectivity index (χ1v) is 10.5. The Balaban J connectivity index is 1.83. The van der Waals surface area contributed by atoms with Crippen molar-refractivity contribution in [1.82, 2.24) is 9.62 Å². The van der Waals surface area contributed by atoms with Gasteiger partial charge in [0.1, 0.15) is 0 Å². The molecular weight excluding hydrogens is 364 g/mol. The van der Waals surface area contributed by atoms with Crippen LogP contribution < -0.4 is 4.72 Å². The lowest BCUT2D eigenvalue weighted by atomic mass is 10.0. The molecule has 2 aromatic carbocycles. The van der Waals surface area contributed by atoms with E-state index in [-0.39, 0.29) is 23.0 Å². The lowest BCUT2D eigenvalue weighted by molar-refractivity contribution is 0.0696. The number of carbonyl (C=O) groups is 1. The molecule has 0 aromatic heterocycles. The van der Waals surface area contributed by atoms with E-state index in [0.29, 0.717) is 0 Å². The zero-order chi connectivity index (χ0) is 19.4.